The van der Waals surface area contributed by atoms with Crippen LogP contribution in [0.4, 0.5) is 0 Å². The number of nitrogens with zero attached hydrogens (tertiary/aromatic N) is 2. The van der Waals surface area contributed by atoms with Gasteiger partial charge in [0, 0.05) is 25.6 Å². The van der Waals surface area contributed by atoms with Crippen molar-refractivity contribution in [3.63, 3.8) is 0 Å². The molecule has 0 bridgehead atoms. The minimum absolute atomic E-state index is 0.274. The third kappa shape index (κ3) is 4.86. The Hall–Kier alpha value is -0.900. The highest BCUT2D eigenvalue weighted by Crippen LogP contribution is 2.22. The molecule has 0 aromatic carbocycles. The van der Waals surface area contributed by atoms with Gasteiger partial charge in [0.05, 0.1) is 6.67 Å². The molecule has 0 aliphatic heterocycles. The maximum absolute atomic E-state index is 12.1. The Morgan fingerprint density at radius 2 is 2.12 bits per heavy atom. The number of nitrogens with one attached hydrogen (secondary N) is 1. The Balaban J connectivity index is 2.31. The second kappa shape index (κ2) is 8.23. The summed E-state index contributed by atoms with van der Waals surface area (Å²) in [4.78, 5) is 17.8. The van der Waals surface area contributed by atoms with Crippen molar-refractivity contribution in [2.24, 2.45) is 4.99 Å². The monoisotopic (exact) mass is 239 g/mol. The quantitative estimate of drug-likeness (QED) is 0.544. The zero-order valence-corrected chi connectivity index (χ0v) is 11.0. The lowest BCUT2D eigenvalue weighted by Crippen LogP contribution is -2.42. The van der Waals surface area contributed by atoms with E-state index in [-0.39, 0.29) is 5.91 Å². The largest absolute Gasteiger partial charge is 0.340 e. The Morgan fingerprint density at radius 3 is 2.71 bits per heavy atom. The smallest absolute Gasteiger partial charge is 0.224 e. The molecule has 17 heavy (non-hydrogen) atoms. The van der Waals surface area contributed by atoms with Gasteiger partial charge in [0.25, 0.3) is 0 Å². The summed E-state index contributed by atoms with van der Waals surface area (Å²) in [7, 11) is 0. The van der Waals surface area contributed by atoms with Crippen molar-refractivity contribution in [2.45, 2.75) is 51.5 Å². The van der Waals surface area contributed by atoms with Gasteiger partial charge >= 0.3 is 0 Å². The van der Waals surface area contributed by atoms with E-state index in [0.29, 0.717) is 25.7 Å². The Kier molecular flexibility index (Phi) is 6.86. The van der Waals surface area contributed by atoms with Crippen LogP contribution < -0.4 is 5.32 Å². The number of carbonyl (C=O) groups excluding carboxylic acids is 1. The predicted octanol–water partition coefficient (Wildman–Crippen LogP) is 1.81. The first kappa shape index (κ1) is 14.2. The van der Waals surface area contributed by atoms with E-state index in [1.165, 1.54) is 32.1 Å². The Bertz CT molecular complexity index is 237. The molecule has 98 valence electrons. The van der Waals surface area contributed by atoms with Crippen LogP contribution in [-0.2, 0) is 4.79 Å². The van der Waals surface area contributed by atoms with Crippen LogP contribution in [0.25, 0.3) is 0 Å². The molecule has 0 aromatic rings. The van der Waals surface area contributed by atoms with Crippen molar-refractivity contribution < 1.29 is 4.79 Å². The van der Waals surface area contributed by atoms with Gasteiger partial charge in [-0.25, -0.2) is 0 Å². The number of aliphatic imine (C=N–C) groups is 1. The molecule has 4 heteroatoms. The molecule has 1 aliphatic rings. The van der Waals surface area contributed by atoms with Crippen molar-refractivity contribution in [3.05, 3.63) is 0 Å². The van der Waals surface area contributed by atoms with E-state index in [1.54, 1.807) is 0 Å². The van der Waals surface area contributed by atoms with Gasteiger partial charge < -0.3 is 4.90 Å². The van der Waals surface area contributed by atoms with Gasteiger partial charge in [0.15, 0.2) is 0 Å². The molecule has 1 amide bonds. The highest BCUT2D eigenvalue weighted by molar-refractivity contribution is 5.76. The van der Waals surface area contributed by atoms with E-state index in [4.69, 9.17) is 0 Å². The zero-order chi connectivity index (χ0) is 12.5. The lowest BCUT2D eigenvalue weighted by atomic mass is 9.94. The van der Waals surface area contributed by atoms with Gasteiger partial charge in [-0.1, -0.05) is 19.3 Å². The van der Waals surface area contributed by atoms with Gasteiger partial charge in [0.2, 0.25) is 5.91 Å². The van der Waals surface area contributed by atoms with Crippen LogP contribution in [0.1, 0.15) is 45.4 Å². The van der Waals surface area contributed by atoms with Crippen molar-refractivity contribution in [2.75, 3.05) is 19.8 Å². The lowest BCUT2D eigenvalue weighted by molar-refractivity contribution is -0.133. The molecule has 1 rings (SSSR count). The molecule has 0 heterocycles. The fourth-order valence-electron chi connectivity index (χ4n) is 2.53. The minimum atomic E-state index is 0.274. The van der Waals surface area contributed by atoms with Crippen LogP contribution in [0.2, 0.25) is 0 Å². The summed E-state index contributed by atoms with van der Waals surface area (Å²) in [6, 6.07) is 0.485. The molecule has 0 atom stereocenters. The number of carbonyl (C=O) groups is 1. The van der Waals surface area contributed by atoms with E-state index in [2.05, 4.69) is 28.9 Å². The second-order valence-corrected chi connectivity index (χ2v) is 4.60. The van der Waals surface area contributed by atoms with Crippen molar-refractivity contribution in [3.8, 4) is 0 Å². The molecule has 1 aliphatic carbocycles. The first-order valence-electron chi connectivity index (χ1n) is 6.72. The SMILES string of the molecule is C=NCNCCC(=O)N(CC)C1CCCCC1. The van der Waals surface area contributed by atoms with E-state index in [0.717, 1.165) is 6.54 Å². The fraction of sp³-hybridized carbons (Fsp3) is 0.846. The first-order chi connectivity index (χ1) is 8.29. The third-order valence-electron chi connectivity index (χ3n) is 3.42. The molecular weight excluding hydrogens is 214 g/mol. The summed E-state index contributed by atoms with van der Waals surface area (Å²) in [5, 5.41) is 3.07. The van der Waals surface area contributed by atoms with E-state index < -0.39 is 0 Å². The van der Waals surface area contributed by atoms with Crippen LogP contribution >= 0.6 is 0 Å². The average Bonchev–Trinajstić information content (AvgIpc) is 2.37. The predicted molar refractivity (Wildman–Crippen MR) is 71.3 cm³/mol. The zero-order valence-electron chi connectivity index (χ0n) is 11.0. The maximum atomic E-state index is 12.1. The van der Waals surface area contributed by atoms with Crippen LogP contribution in [0.5, 0.6) is 0 Å². The van der Waals surface area contributed by atoms with Gasteiger partial charge in [-0.2, -0.15) is 0 Å². The molecular formula is C13H25N3O. The highest BCUT2D eigenvalue weighted by atomic mass is 16.2. The maximum Gasteiger partial charge on any atom is 0.224 e. The summed E-state index contributed by atoms with van der Waals surface area (Å²) in [6.07, 6.45) is 6.80. The Morgan fingerprint density at radius 1 is 1.41 bits per heavy atom. The Labute approximate surface area is 104 Å². The lowest BCUT2D eigenvalue weighted by Gasteiger charge is -2.33. The van der Waals surface area contributed by atoms with E-state index in [1.807, 2.05) is 0 Å². The molecule has 0 aromatic heterocycles. The van der Waals surface area contributed by atoms with Crippen molar-refractivity contribution in [1.29, 1.82) is 0 Å². The van der Waals surface area contributed by atoms with Crippen LogP contribution in [0, 0.1) is 0 Å². The van der Waals surface area contributed by atoms with Crippen LogP contribution in [0.15, 0.2) is 4.99 Å². The normalized spacial score (nSPS) is 16.8. The number of rotatable bonds is 7. The molecule has 1 fully saturated rings. The molecule has 1 N–H and O–H groups in total. The average molecular weight is 239 g/mol. The first-order valence-corrected chi connectivity index (χ1v) is 6.72. The molecule has 0 saturated heterocycles. The van der Waals surface area contributed by atoms with Gasteiger partial charge in [-0.3, -0.25) is 15.1 Å². The van der Waals surface area contributed by atoms with E-state index in [9.17, 15) is 4.79 Å². The molecule has 0 unspecified atom stereocenters. The number of hydrogen-bond acceptors (Lipinski definition) is 3. The van der Waals surface area contributed by atoms with Gasteiger partial charge in [-0.05, 0) is 26.5 Å². The standard InChI is InChI=1S/C13H25N3O/c1-3-16(12-7-5-4-6-8-12)13(17)9-10-15-11-14-2/h12,15H,2-11H2,1H3. The van der Waals surface area contributed by atoms with Gasteiger partial charge in [0.1, 0.15) is 0 Å². The van der Waals surface area contributed by atoms with Crippen LogP contribution in [-0.4, -0.2) is 43.3 Å². The highest BCUT2D eigenvalue weighted by Gasteiger charge is 2.23. The molecule has 4 nitrogen and oxygen atoms in total. The second-order valence-electron chi connectivity index (χ2n) is 4.60. The van der Waals surface area contributed by atoms with E-state index >= 15 is 0 Å². The van der Waals surface area contributed by atoms with Gasteiger partial charge in [-0.15, -0.1) is 0 Å². The number of amides is 1. The topological polar surface area (TPSA) is 44.7 Å². The summed E-state index contributed by atoms with van der Waals surface area (Å²) in [5.74, 6) is 0.274. The van der Waals surface area contributed by atoms with Crippen molar-refractivity contribution in [1.82, 2.24) is 10.2 Å². The molecule has 0 radical (unpaired) electrons. The summed E-state index contributed by atoms with van der Waals surface area (Å²) in [5.41, 5.74) is 0. The van der Waals surface area contributed by atoms with Crippen molar-refractivity contribution >= 4 is 12.6 Å². The summed E-state index contributed by atoms with van der Waals surface area (Å²) in [6.45, 7) is 7.53. The minimum Gasteiger partial charge on any atom is -0.340 e. The van der Waals surface area contributed by atoms with Crippen LogP contribution in [0.3, 0.4) is 0 Å². The molecule has 1 saturated carbocycles. The summed E-state index contributed by atoms with van der Waals surface area (Å²) < 4.78 is 0. The molecule has 0 spiro atoms. The number of hydrogen-bond donors (Lipinski definition) is 1. The fourth-order valence-corrected chi connectivity index (χ4v) is 2.53. The summed E-state index contributed by atoms with van der Waals surface area (Å²) >= 11 is 0. The third-order valence-corrected chi connectivity index (χ3v) is 3.42.